The van der Waals surface area contributed by atoms with Crippen LogP contribution in [0, 0.1) is 13.8 Å². The zero-order valence-corrected chi connectivity index (χ0v) is 20.9. The number of hydrogen-bond donors (Lipinski definition) is 2. The molecule has 0 saturated carbocycles. The molecule has 2 aromatic heterocycles. The van der Waals surface area contributed by atoms with E-state index in [1.165, 1.54) is 0 Å². The topological polar surface area (TPSA) is 93.0 Å². The predicted molar refractivity (Wildman–Crippen MR) is 140 cm³/mol. The maximum Gasteiger partial charge on any atom is 0.319 e. The number of ether oxygens (including phenoxy) is 2. The molecule has 0 aliphatic carbocycles. The number of carbonyl (C=O) groups is 1. The number of aromatic nitrogens is 3. The number of anilines is 2. The van der Waals surface area contributed by atoms with Crippen LogP contribution in [0.5, 0.6) is 11.5 Å². The van der Waals surface area contributed by atoms with E-state index in [2.05, 4.69) is 21.6 Å². The molecular weight excluding hydrogens is 456 g/mol. The van der Waals surface area contributed by atoms with Gasteiger partial charge in [-0.3, -0.25) is 0 Å². The van der Waals surface area contributed by atoms with Gasteiger partial charge in [0.05, 0.1) is 37.0 Å². The van der Waals surface area contributed by atoms with Gasteiger partial charge in [-0.2, -0.15) is 5.10 Å². The van der Waals surface area contributed by atoms with Crippen LogP contribution >= 0.6 is 0 Å². The molecular formula is C27H30N6O3. The van der Waals surface area contributed by atoms with Crippen LogP contribution in [0.2, 0.25) is 0 Å². The molecule has 2 N–H and O–H groups in total. The van der Waals surface area contributed by atoms with Gasteiger partial charge in [0.15, 0.2) is 17.1 Å². The Balaban J connectivity index is 1.41. The molecule has 4 aromatic rings. The van der Waals surface area contributed by atoms with E-state index >= 15 is 0 Å². The number of benzene rings is 2. The van der Waals surface area contributed by atoms with Crippen LogP contribution in [0.4, 0.5) is 16.2 Å². The molecule has 36 heavy (non-hydrogen) atoms. The van der Waals surface area contributed by atoms with Gasteiger partial charge < -0.3 is 25.0 Å². The Hall–Kier alpha value is -4.27. The second kappa shape index (κ2) is 9.77. The predicted octanol–water partition coefficient (Wildman–Crippen LogP) is 4.43. The van der Waals surface area contributed by atoms with E-state index in [0.29, 0.717) is 18.0 Å². The molecule has 1 unspecified atom stereocenters. The first-order chi connectivity index (χ1) is 17.5. The Morgan fingerprint density at radius 2 is 1.81 bits per heavy atom. The molecule has 1 aliphatic heterocycles. The Morgan fingerprint density at radius 1 is 1.03 bits per heavy atom. The third-order valence-corrected chi connectivity index (χ3v) is 6.41. The molecule has 1 aliphatic rings. The van der Waals surface area contributed by atoms with E-state index in [1.807, 2.05) is 66.9 Å². The highest BCUT2D eigenvalue weighted by Crippen LogP contribution is 2.35. The van der Waals surface area contributed by atoms with Crippen molar-refractivity contribution >= 4 is 23.1 Å². The highest BCUT2D eigenvalue weighted by atomic mass is 16.5. The van der Waals surface area contributed by atoms with E-state index in [1.54, 1.807) is 14.2 Å². The van der Waals surface area contributed by atoms with Crippen LogP contribution in [0.3, 0.4) is 0 Å². The maximum atomic E-state index is 12.5. The lowest BCUT2D eigenvalue weighted by Crippen LogP contribution is -2.39. The number of nitrogens with zero attached hydrogens (tertiary/aromatic N) is 4. The second-order valence-electron chi connectivity index (χ2n) is 8.92. The SMILES string of the molecule is COc1ccc(-c2c(C)nc3c(N4CCC(NC(=O)Nc5ccccc5)C4)cc(C)nn23)cc1OC. The first-order valence-corrected chi connectivity index (χ1v) is 11.9. The van der Waals surface area contributed by atoms with Crippen molar-refractivity contribution in [3.05, 3.63) is 66.0 Å². The van der Waals surface area contributed by atoms with E-state index in [0.717, 1.165) is 52.6 Å². The first kappa shape index (κ1) is 23.5. The number of carbonyl (C=O) groups excluding carboxylic acids is 1. The summed E-state index contributed by atoms with van der Waals surface area (Å²) in [6.07, 6.45) is 0.845. The fourth-order valence-electron chi connectivity index (χ4n) is 4.75. The number of nitrogens with one attached hydrogen (secondary N) is 2. The number of fused-ring (bicyclic) bond motifs is 1. The van der Waals surface area contributed by atoms with E-state index in [9.17, 15) is 4.79 Å². The van der Waals surface area contributed by atoms with Gasteiger partial charge in [0.25, 0.3) is 0 Å². The third-order valence-electron chi connectivity index (χ3n) is 6.41. The fourth-order valence-corrected chi connectivity index (χ4v) is 4.75. The molecule has 186 valence electrons. The molecule has 9 nitrogen and oxygen atoms in total. The minimum Gasteiger partial charge on any atom is -0.493 e. The van der Waals surface area contributed by atoms with Crippen molar-refractivity contribution in [2.24, 2.45) is 0 Å². The van der Waals surface area contributed by atoms with Gasteiger partial charge >= 0.3 is 6.03 Å². The van der Waals surface area contributed by atoms with Gasteiger partial charge in [-0.15, -0.1) is 0 Å². The summed E-state index contributed by atoms with van der Waals surface area (Å²) >= 11 is 0. The lowest BCUT2D eigenvalue weighted by atomic mass is 10.1. The van der Waals surface area contributed by atoms with Gasteiger partial charge in [0.1, 0.15) is 0 Å². The summed E-state index contributed by atoms with van der Waals surface area (Å²) in [6.45, 7) is 5.48. The van der Waals surface area contributed by atoms with Crippen LogP contribution in [0.25, 0.3) is 16.9 Å². The van der Waals surface area contributed by atoms with Crippen molar-refractivity contribution in [3.8, 4) is 22.8 Å². The number of methoxy groups -OCH3 is 2. The number of urea groups is 1. The third kappa shape index (κ3) is 4.51. The van der Waals surface area contributed by atoms with Gasteiger partial charge in [-0.1, -0.05) is 18.2 Å². The number of imidazole rings is 1. The molecule has 2 amide bonds. The largest absolute Gasteiger partial charge is 0.493 e. The first-order valence-electron chi connectivity index (χ1n) is 11.9. The Bertz CT molecular complexity index is 1400. The average Bonchev–Trinajstić information content (AvgIpc) is 3.47. The second-order valence-corrected chi connectivity index (χ2v) is 8.92. The summed E-state index contributed by atoms with van der Waals surface area (Å²) in [5.41, 5.74) is 6.18. The summed E-state index contributed by atoms with van der Waals surface area (Å²) in [4.78, 5) is 19.7. The molecule has 9 heteroatoms. The number of hydrogen-bond acceptors (Lipinski definition) is 6. The van der Waals surface area contributed by atoms with Gasteiger partial charge in [0, 0.05) is 30.4 Å². The Kier molecular flexibility index (Phi) is 6.37. The van der Waals surface area contributed by atoms with Crippen molar-refractivity contribution in [2.45, 2.75) is 26.3 Å². The van der Waals surface area contributed by atoms with Crippen molar-refractivity contribution in [2.75, 3.05) is 37.5 Å². The lowest BCUT2D eigenvalue weighted by molar-refractivity contribution is 0.249. The average molecular weight is 487 g/mol. The summed E-state index contributed by atoms with van der Waals surface area (Å²) < 4.78 is 12.8. The van der Waals surface area contributed by atoms with Crippen molar-refractivity contribution in [3.63, 3.8) is 0 Å². The van der Waals surface area contributed by atoms with Crippen molar-refractivity contribution < 1.29 is 14.3 Å². The number of para-hydroxylation sites is 1. The smallest absolute Gasteiger partial charge is 0.319 e. The van der Waals surface area contributed by atoms with Crippen LogP contribution in [-0.2, 0) is 0 Å². The number of rotatable bonds is 6. The monoisotopic (exact) mass is 486 g/mol. The minimum atomic E-state index is -0.198. The van der Waals surface area contributed by atoms with E-state index in [4.69, 9.17) is 19.6 Å². The number of amides is 2. The molecule has 0 radical (unpaired) electrons. The van der Waals surface area contributed by atoms with Crippen LogP contribution < -0.4 is 25.0 Å². The molecule has 1 atom stereocenters. The lowest BCUT2D eigenvalue weighted by Gasteiger charge is -2.20. The zero-order chi connectivity index (χ0) is 25.2. The van der Waals surface area contributed by atoms with Crippen molar-refractivity contribution in [1.29, 1.82) is 0 Å². The fraction of sp³-hybridized carbons (Fsp3) is 0.296. The normalized spacial score (nSPS) is 15.2. The van der Waals surface area contributed by atoms with Gasteiger partial charge in [-0.25, -0.2) is 14.3 Å². The molecule has 1 saturated heterocycles. The Labute approximate surface area is 210 Å². The molecule has 2 aromatic carbocycles. The van der Waals surface area contributed by atoms with Crippen LogP contribution in [0.15, 0.2) is 54.6 Å². The maximum absolute atomic E-state index is 12.5. The zero-order valence-electron chi connectivity index (χ0n) is 20.9. The van der Waals surface area contributed by atoms with Crippen molar-refractivity contribution in [1.82, 2.24) is 19.9 Å². The summed E-state index contributed by atoms with van der Waals surface area (Å²) in [7, 11) is 3.25. The van der Waals surface area contributed by atoms with E-state index < -0.39 is 0 Å². The van der Waals surface area contributed by atoms with Gasteiger partial charge in [0.2, 0.25) is 0 Å². The highest BCUT2D eigenvalue weighted by molar-refractivity contribution is 5.89. The van der Waals surface area contributed by atoms with Gasteiger partial charge in [-0.05, 0) is 56.7 Å². The van der Waals surface area contributed by atoms with Crippen LogP contribution in [-0.4, -0.2) is 54.0 Å². The van der Waals surface area contributed by atoms with E-state index in [-0.39, 0.29) is 12.1 Å². The molecule has 3 heterocycles. The molecule has 1 fully saturated rings. The summed E-state index contributed by atoms with van der Waals surface area (Å²) in [5, 5.41) is 10.8. The molecule has 0 bridgehead atoms. The highest BCUT2D eigenvalue weighted by Gasteiger charge is 2.27. The molecule has 0 spiro atoms. The standard InChI is InChI=1S/C27H30N6O3/c1-17-14-22(32-13-12-21(16-32)30-27(34)29-20-8-6-5-7-9-20)26-28-18(2)25(33(26)31-17)19-10-11-23(35-3)24(15-19)36-4/h5-11,14-15,21H,12-13,16H2,1-4H3,(H2,29,30,34). The number of aryl methyl sites for hydroxylation is 2. The quantitative estimate of drug-likeness (QED) is 0.419. The minimum absolute atomic E-state index is 0.0311. The summed E-state index contributed by atoms with van der Waals surface area (Å²) in [5.74, 6) is 1.32. The van der Waals surface area contributed by atoms with Crippen LogP contribution in [0.1, 0.15) is 17.8 Å². The Morgan fingerprint density at radius 3 is 2.56 bits per heavy atom. The molecule has 5 rings (SSSR count). The summed E-state index contributed by atoms with van der Waals surface area (Å²) in [6, 6.07) is 17.2.